The highest BCUT2D eigenvalue weighted by Gasteiger charge is 2.19. The Balaban J connectivity index is 1.67. The molecule has 8 heteroatoms. The van der Waals surface area contributed by atoms with Gasteiger partial charge in [0.05, 0.1) is 11.4 Å². The molecule has 1 amide bonds. The molecule has 0 atom stereocenters. The number of benzene rings is 1. The van der Waals surface area contributed by atoms with Crippen molar-refractivity contribution in [3.05, 3.63) is 29.3 Å². The zero-order valence-corrected chi connectivity index (χ0v) is 15.8. The third kappa shape index (κ3) is 4.38. The van der Waals surface area contributed by atoms with Gasteiger partial charge in [0, 0.05) is 19.6 Å². The predicted molar refractivity (Wildman–Crippen MR) is 98.0 cm³/mol. The van der Waals surface area contributed by atoms with Crippen LogP contribution in [0.1, 0.15) is 17.5 Å². The van der Waals surface area contributed by atoms with E-state index in [-0.39, 0.29) is 5.91 Å². The highest BCUT2D eigenvalue weighted by molar-refractivity contribution is 7.99. The number of aromatic nitrogens is 4. The van der Waals surface area contributed by atoms with Crippen LogP contribution >= 0.6 is 11.8 Å². The fourth-order valence-electron chi connectivity index (χ4n) is 2.88. The minimum atomic E-state index is 0.149. The van der Waals surface area contributed by atoms with Crippen LogP contribution in [0.5, 0.6) is 0 Å². The van der Waals surface area contributed by atoms with E-state index in [0.717, 1.165) is 49.4 Å². The summed E-state index contributed by atoms with van der Waals surface area (Å²) in [6, 6.07) is 6.18. The number of aryl methyl sites for hydroxylation is 2. The normalized spacial score (nSPS) is 16.0. The second-order valence-electron chi connectivity index (χ2n) is 6.49. The zero-order chi connectivity index (χ0) is 17.8. The first kappa shape index (κ1) is 17.9. The van der Waals surface area contributed by atoms with Crippen LogP contribution in [0.25, 0.3) is 5.69 Å². The first-order valence-corrected chi connectivity index (χ1v) is 9.48. The molecule has 3 rings (SSSR count). The van der Waals surface area contributed by atoms with Crippen molar-refractivity contribution >= 4 is 17.7 Å². The van der Waals surface area contributed by atoms with E-state index in [2.05, 4.69) is 45.7 Å². The van der Waals surface area contributed by atoms with Gasteiger partial charge in [0.25, 0.3) is 0 Å². The van der Waals surface area contributed by atoms with Gasteiger partial charge in [0.2, 0.25) is 11.1 Å². The summed E-state index contributed by atoms with van der Waals surface area (Å²) in [7, 11) is 2.10. The van der Waals surface area contributed by atoms with Crippen LogP contribution in [-0.2, 0) is 4.79 Å². The number of tetrazole rings is 1. The summed E-state index contributed by atoms with van der Waals surface area (Å²) in [5, 5.41) is 12.6. The molecule has 0 N–H and O–H groups in total. The van der Waals surface area contributed by atoms with Crippen molar-refractivity contribution in [1.29, 1.82) is 0 Å². The van der Waals surface area contributed by atoms with Gasteiger partial charge in [-0.1, -0.05) is 23.9 Å². The van der Waals surface area contributed by atoms with Crippen molar-refractivity contribution in [1.82, 2.24) is 30.0 Å². The van der Waals surface area contributed by atoms with Crippen LogP contribution in [0.15, 0.2) is 23.4 Å². The van der Waals surface area contributed by atoms with Crippen molar-refractivity contribution in [3.8, 4) is 5.69 Å². The molecule has 25 heavy (non-hydrogen) atoms. The topological polar surface area (TPSA) is 67.2 Å². The molecule has 2 aromatic rings. The van der Waals surface area contributed by atoms with Crippen LogP contribution in [-0.4, -0.2) is 74.9 Å². The highest BCUT2D eigenvalue weighted by atomic mass is 32.2. The molecule has 1 aromatic carbocycles. The monoisotopic (exact) mass is 360 g/mol. The molecule has 1 aromatic heterocycles. The van der Waals surface area contributed by atoms with E-state index < -0.39 is 0 Å². The molecule has 1 aliphatic heterocycles. The Morgan fingerprint density at radius 2 is 2.04 bits per heavy atom. The van der Waals surface area contributed by atoms with E-state index in [9.17, 15) is 4.79 Å². The summed E-state index contributed by atoms with van der Waals surface area (Å²) >= 11 is 1.39. The smallest absolute Gasteiger partial charge is 0.233 e. The van der Waals surface area contributed by atoms with E-state index in [4.69, 9.17) is 0 Å². The van der Waals surface area contributed by atoms with Crippen LogP contribution in [0.4, 0.5) is 0 Å². The van der Waals surface area contributed by atoms with Gasteiger partial charge in [0.1, 0.15) is 0 Å². The second kappa shape index (κ2) is 7.97. The summed E-state index contributed by atoms with van der Waals surface area (Å²) in [5.74, 6) is 0.505. The Morgan fingerprint density at radius 1 is 1.20 bits per heavy atom. The summed E-state index contributed by atoms with van der Waals surface area (Å²) in [6.07, 6.45) is 1.02. The molecular formula is C17H24N6OS. The van der Waals surface area contributed by atoms with Gasteiger partial charge in [-0.05, 0) is 61.5 Å². The molecule has 1 aliphatic rings. The number of carbonyl (C=O) groups is 1. The Labute approximate surface area is 152 Å². The molecular weight excluding hydrogens is 336 g/mol. The molecule has 7 nitrogen and oxygen atoms in total. The fraction of sp³-hybridized carbons (Fsp3) is 0.529. The standard InChI is InChI=1S/C17H24N6OS/c1-13-5-6-14(2)15(11-13)23-17(18-19-20-23)25-12-16(24)22-8-4-7-21(3)9-10-22/h5-6,11H,4,7-10,12H2,1-3H3. The van der Waals surface area contributed by atoms with Gasteiger partial charge in [-0.3, -0.25) is 4.79 Å². The molecule has 0 saturated carbocycles. The minimum Gasteiger partial charge on any atom is -0.341 e. The average Bonchev–Trinajstić information content (AvgIpc) is 2.95. The van der Waals surface area contributed by atoms with Crippen molar-refractivity contribution in [3.63, 3.8) is 0 Å². The van der Waals surface area contributed by atoms with E-state index in [1.807, 2.05) is 18.7 Å². The Hall–Kier alpha value is -1.93. The molecule has 1 saturated heterocycles. The fourth-order valence-corrected chi connectivity index (χ4v) is 3.67. The number of likely N-dealkylation sites (N-methyl/N-ethyl adjacent to an activating group) is 1. The third-order valence-electron chi connectivity index (χ3n) is 4.43. The van der Waals surface area contributed by atoms with E-state index in [0.29, 0.717) is 10.9 Å². The number of thioether (sulfide) groups is 1. The van der Waals surface area contributed by atoms with Crippen LogP contribution in [0.3, 0.4) is 0 Å². The summed E-state index contributed by atoms with van der Waals surface area (Å²) in [6.45, 7) is 7.66. The van der Waals surface area contributed by atoms with Crippen LogP contribution in [0.2, 0.25) is 0 Å². The lowest BCUT2D eigenvalue weighted by molar-refractivity contribution is -0.128. The maximum absolute atomic E-state index is 12.5. The second-order valence-corrected chi connectivity index (χ2v) is 7.43. The van der Waals surface area contributed by atoms with Gasteiger partial charge < -0.3 is 9.80 Å². The Kier molecular flexibility index (Phi) is 5.70. The van der Waals surface area contributed by atoms with E-state index in [1.165, 1.54) is 11.8 Å². The largest absolute Gasteiger partial charge is 0.341 e. The van der Waals surface area contributed by atoms with Gasteiger partial charge in [-0.15, -0.1) is 5.10 Å². The van der Waals surface area contributed by atoms with Gasteiger partial charge in [-0.2, -0.15) is 4.68 Å². The minimum absolute atomic E-state index is 0.149. The van der Waals surface area contributed by atoms with Crippen molar-refractivity contribution in [2.24, 2.45) is 0 Å². The molecule has 0 radical (unpaired) electrons. The lowest BCUT2D eigenvalue weighted by Crippen LogP contribution is -2.35. The number of amides is 1. The van der Waals surface area contributed by atoms with Gasteiger partial charge in [0.15, 0.2) is 0 Å². The third-order valence-corrected chi connectivity index (χ3v) is 5.33. The molecule has 0 bridgehead atoms. The van der Waals surface area contributed by atoms with Gasteiger partial charge >= 0.3 is 0 Å². The number of hydrogen-bond donors (Lipinski definition) is 0. The summed E-state index contributed by atoms with van der Waals surface area (Å²) in [4.78, 5) is 16.7. The quantitative estimate of drug-likeness (QED) is 0.771. The predicted octanol–water partition coefficient (Wildman–Crippen LogP) is 1.54. The van der Waals surface area contributed by atoms with Gasteiger partial charge in [-0.25, -0.2) is 0 Å². The van der Waals surface area contributed by atoms with Crippen LogP contribution in [0, 0.1) is 13.8 Å². The number of hydrogen-bond acceptors (Lipinski definition) is 6. The zero-order valence-electron chi connectivity index (χ0n) is 15.0. The summed E-state index contributed by atoms with van der Waals surface area (Å²) < 4.78 is 1.72. The highest BCUT2D eigenvalue weighted by Crippen LogP contribution is 2.22. The van der Waals surface area contributed by atoms with E-state index in [1.54, 1.807) is 4.68 Å². The van der Waals surface area contributed by atoms with Crippen molar-refractivity contribution in [2.75, 3.05) is 39.0 Å². The molecule has 134 valence electrons. The molecule has 0 unspecified atom stereocenters. The number of nitrogens with zero attached hydrogens (tertiary/aromatic N) is 6. The molecule has 0 aliphatic carbocycles. The molecule has 2 heterocycles. The first-order chi connectivity index (χ1) is 12.0. The SMILES string of the molecule is Cc1ccc(C)c(-n2nnnc2SCC(=O)N2CCCN(C)CC2)c1. The molecule has 0 spiro atoms. The number of carbonyl (C=O) groups excluding carboxylic acids is 1. The lowest BCUT2D eigenvalue weighted by Gasteiger charge is -2.20. The van der Waals surface area contributed by atoms with Crippen LogP contribution < -0.4 is 0 Å². The lowest BCUT2D eigenvalue weighted by atomic mass is 10.1. The average molecular weight is 360 g/mol. The van der Waals surface area contributed by atoms with Crippen molar-refractivity contribution in [2.45, 2.75) is 25.4 Å². The Morgan fingerprint density at radius 3 is 2.88 bits per heavy atom. The molecule has 1 fully saturated rings. The number of rotatable bonds is 4. The maximum atomic E-state index is 12.5. The summed E-state index contributed by atoms with van der Waals surface area (Å²) in [5.41, 5.74) is 3.20. The first-order valence-electron chi connectivity index (χ1n) is 8.50. The van der Waals surface area contributed by atoms with Crippen molar-refractivity contribution < 1.29 is 4.79 Å². The van der Waals surface area contributed by atoms with E-state index >= 15 is 0 Å². The maximum Gasteiger partial charge on any atom is 0.233 e. The Bertz CT molecular complexity index is 746.